The molecule has 0 radical (unpaired) electrons. The Balaban J connectivity index is 1.96. The number of anilines is 1. The molecule has 1 atom stereocenters. The number of para-hydroxylation sites is 1. The first kappa shape index (κ1) is 22.2. The maximum atomic E-state index is 12.8. The molecule has 4 rings (SSSR count). The second-order valence-electron chi connectivity index (χ2n) is 9.42. The van der Waals surface area contributed by atoms with Gasteiger partial charge < -0.3 is 10.6 Å². The first-order valence-electron chi connectivity index (χ1n) is 11.9. The first-order valence-corrected chi connectivity index (χ1v) is 11.9. The predicted molar refractivity (Wildman–Crippen MR) is 128 cm³/mol. The number of unbranched alkanes of at least 4 members (excludes halogenated alkanes) is 1. The van der Waals surface area contributed by atoms with E-state index in [0.29, 0.717) is 11.5 Å². The number of nitrogens with zero attached hydrogens (tertiary/aromatic N) is 3. The molecule has 1 unspecified atom stereocenters. The Labute approximate surface area is 191 Å². The summed E-state index contributed by atoms with van der Waals surface area (Å²) < 4.78 is 0. The number of allylic oxidation sites excluding steroid dienone is 3. The summed E-state index contributed by atoms with van der Waals surface area (Å²) in [5, 5.41) is 9.42. The standard InChI is InChI=1S/C27H34N4O/c1-4-5-9-24-25(26(29)32)21-15-18(2)16-22(21)27(30-13-11-20(17-28)12-14-30)31(24)23-10-7-6-8-19(23)3/h6-10,18,20H,4-5,11-16H2,1-3H3,(H2,29,32)/b24-9+. The number of hydrogen-bond donors (Lipinski definition) is 1. The molecule has 0 spiro atoms. The summed E-state index contributed by atoms with van der Waals surface area (Å²) in [7, 11) is 0. The minimum absolute atomic E-state index is 0.126. The maximum Gasteiger partial charge on any atom is 0.251 e. The summed E-state index contributed by atoms with van der Waals surface area (Å²) in [4.78, 5) is 17.6. The molecule has 2 N–H and O–H groups in total. The van der Waals surface area contributed by atoms with Gasteiger partial charge in [-0.1, -0.05) is 44.5 Å². The highest BCUT2D eigenvalue weighted by Gasteiger charge is 2.41. The van der Waals surface area contributed by atoms with Crippen molar-refractivity contribution in [2.45, 2.75) is 59.3 Å². The van der Waals surface area contributed by atoms with E-state index in [-0.39, 0.29) is 11.8 Å². The molecule has 2 aliphatic heterocycles. The van der Waals surface area contributed by atoms with E-state index in [1.807, 2.05) is 0 Å². The van der Waals surface area contributed by atoms with Crippen molar-refractivity contribution in [3.63, 3.8) is 0 Å². The molecule has 2 heterocycles. The van der Waals surface area contributed by atoms with Crippen molar-refractivity contribution in [3.8, 4) is 6.07 Å². The lowest BCUT2D eigenvalue weighted by atomic mass is 9.91. The Morgan fingerprint density at radius 3 is 2.53 bits per heavy atom. The molecule has 3 aliphatic rings. The van der Waals surface area contributed by atoms with Crippen LogP contribution in [0.2, 0.25) is 0 Å². The predicted octanol–water partition coefficient (Wildman–Crippen LogP) is 5.16. The van der Waals surface area contributed by atoms with E-state index >= 15 is 0 Å². The number of hydrogen-bond acceptors (Lipinski definition) is 4. The Bertz CT molecular complexity index is 1030. The highest BCUT2D eigenvalue weighted by atomic mass is 16.1. The third kappa shape index (κ3) is 3.95. The van der Waals surface area contributed by atoms with Gasteiger partial charge >= 0.3 is 0 Å². The topological polar surface area (TPSA) is 73.4 Å². The monoisotopic (exact) mass is 430 g/mol. The Morgan fingerprint density at radius 1 is 1.22 bits per heavy atom. The smallest absolute Gasteiger partial charge is 0.251 e. The zero-order valence-corrected chi connectivity index (χ0v) is 19.5. The molecule has 1 aromatic carbocycles. The number of piperidine rings is 1. The van der Waals surface area contributed by atoms with Crippen molar-refractivity contribution in [2.75, 3.05) is 18.0 Å². The van der Waals surface area contributed by atoms with Crippen LogP contribution in [0.4, 0.5) is 5.69 Å². The summed E-state index contributed by atoms with van der Waals surface area (Å²) in [6, 6.07) is 10.8. The van der Waals surface area contributed by atoms with Gasteiger partial charge in [-0.2, -0.15) is 5.26 Å². The lowest BCUT2D eigenvalue weighted by Gasteiger charge is -2.44. The Morgan fingerprint density at radius 2 is 1.91 bits per heavy atom. The largest absolute Gasteiger partial charge is 0.366 e. The molecule has 168 valence electrons. The minimum atomic E-state index is -0.338. The zero-order valence-electron chi connectivity index (χ0n) is 19.5. The molecule has 0 aromatic heterocycles. The van der Waals surface area contributed by atoms with E-state index in [9.17, 15) is 10.1 Å². The SMILES string of the molecule is CCC/C=C1\C(C(N)=O)=C2CC(C)CC2=C(N2CCC(C#N)CC2)N1c1ccccc1C. The maximum absolute atomic E-state index is 12.8. The van der Waals surface area contributed by atoms with Crippen LogP contribution in [0.1, 0.15) is 57.9 Å². The Kier molecular flexibility index (Phi) is 6.41. The Hall–Kier alpha value is -3.00. The van der Waals surface area contributed by atoms with Crippen LogP contribution >= 0.6 is 0 Å². The normalized spacial score (nSPS) is 23.1. The summed E-state index contributed by atoms with van der Waals surface area (Å²) in [5.41, 5.74) is 12.3. The number of primary amides is 1. The fourth-order valence-electron chi connectivity index (χ4n) is 5.37. The van der Waals surface area contributed by atoms with Gasteiger partial charge in [0, 0.05) is 19.0 Å². The van der Waals surface area contributed by atoms with E-state index < -0.39 is 0 Å². The number of carbonyl (C=O) groups excluding carboxylic acids is 1. The average molecular weight is 431 g/mol. The molecular formula is C27H34N4O. The van der Waals surface area contributed by atoms with Gasteiger partial charge in [0.05, 0.1) is 23.0 Å². The van der Waals surface area contributed by atoms with Crippen LogP contribution < -0.4 is 10.6 Å². The van der Waals surface area contributed by atoms with Crippen molar-refractivity contribution in [3.05, 3.63) is 64.1 Å². The number of benzene rings is 1. The lowest BCUT2D eigenvalue weighted by molar-refractivity contribution is -0.114. The molecule has 1 saturated carbocycles. The summed E-state index contributed by atoms with van der Waals surface area (Å²) >= 11 is 0. The second kappa shape index (κ2) is 9.24. The summed E-state index contributed by atoms with van der Waals surface area (Å²) in [6.45, 7) is 8.24. The molecule has 2 fully saturated rings. The zero-order chi connectivity index (χ0) is 22.8. The van der Waals surface area contributed by atoms with E-state index in [1.165, 1.54) is 17.0 Å². The number of carbonyl (C=O) groups is 1. The van der Waals surface area contributed by atoms with E-state index in [1.54, 1.807) is 0 Å². The number of aryl methyl sites for hydroxylation is 1. The van der Waals surface area contributed by atoms with Crippen molar-refractivity contribution in [1.29, 1.82) is 5.26 Å². The number of amides is 1. The van der Waals surface area contributed by atoms with Crippen molar-refractivity contribution in [1.82, 2.24) is 4.90 Å². The van der Waals surface area contributed by atoms with Gasteiger partial charge in [0.25, 0.3) is 5.91 Å². The summed E-state index contributed by atoms with van der Waals surface area (Å²) in [6.07, 6.45) is 7.67. The van der Waals surface area contributed by atoms with E-state index in [2.05, 4.69) is 67.0 Å². The van der Waals surface area contributed by atoms with Crippen LogP contribution in [-0.2, 0) is 4.79 Å². The van der Waals surface area contributed by atoms with Crippen molar-refractivity contribution in [2.24, 2.45) is 17.6 Å². The van der Waals surface area contributed by atoms with Crippen molar-refractivity contribution < 1.29 is 4.79 Å². The molecule has 1 amide bonds. The fraction of sp³-hybridized carbons (Fsp3) is 0.481. The number of rotatable bonds is 5. The van der Waals surface area contributed by atoms with Gasteiger partial charge in [-0.15, -0.1) is 0 Å². The average Bonchev–Trinajstić information content (AvgIpc) is 3.17. The summed E-state index contributed by atoms with van der Waals surface area (Å²) in [5.74, 6) is 1.46. The third-order valence-corrected chi connectivity index (χ3v) is 6.96. The lowest BCUT2D eigenvalue weighted by Crippen LogP contribution is -2.44. The van der Waals surface area contributed by atoms with E-state index in [0.717, 1.165) is 68.6 Å². The second-order valence-corrected chi connectivity index (χ2v) is 9.42. The van der Waals surface area contributed by atoms with Gasteiger partial charge in [0.2, 0.25) is 0 Å². The first-order chi connectivity index (χ1) is 15.5. The molecule has 1 aromatic rings. The quantitative estimate of drug-likeness (QED) is 0.700. The highest BCUT2D eigenvalue weighted by Crippen LogP contribution is 2.49. The number of likely N-dealkylation sites (tertiary alicyclic amines) is 1. The molecule has 32 heavy (non-hydrogen) atoms. The third-order valence-electron chi connectivity index (χ3n) is 6.96. The highest BCUT2D eigenvalue weighted by molar-refractivity contribution is 6.01. The van der Waals surface area contributed by atoms with Gasteiger partial charge in [-0.25, -0.2) is 0 Å². The van der Waals surface area contributed by atoms with Gasteiger partial charge in [-0.05, 0) is 67.7 Å². The number of fused-ring (bicyclic) bond motifs is 1. The number of nitriles is 1. The van der Waals surface area contributed by atoms with Crippen LogP contribution in [0.3, 0.4) is 0 Å². The fourth-order valence-corrected chi connectivity index (χ4v) is 5.37. The molecule has 0 bridgehead atoms. The molecule has 1 aliphatic carbocycles. The van der Waals surface area contributed by atoms with Crippen LogP contribution in [0, 0.1) is 30.1 Å². The van der Waals surface area contributed by atoms with Crippen LogP contribution in [-0.4, -0.2) is 23.9 Å². The van der Waals surface area contributed by atoms with Crippen molar-refractivity contribution >= 4 is 11.6 Å². The van der Waals surface area contributed by atoms with Gasteiger partial charge in [0.15, 0.2) is 0 Å². The van der Waals surface area contributed by atoms with Crippen LogP contribution in [0.5, 0.6) is 0 Å². The molecule has 5 heteroatoms. The van der Waals surface area contributed by atoms with Gasteiger partial charge in [0.1, 0.15) is 5.82 Å². The molecular weight excluding hydrogens is 396 g/mol. The van der Waals surface area contributed by atoms with Gasteiger partial charge in [-0.3, -0.25) is 9.69 Å². The van der Waals surface area contributed by atoms with Crippen LogP contribution in [0.25, 0.3) is 0 Å². The van der Waals surface area contributed by atoms with Crippen LogP contribution in [0.15, 0.2) is 58.6 Å². The molecule has 5 nitrogen and oxygen atoms in total. The van der Waals surface area contributed by atoms with E-state index in [4.69, 9.17) is 5.73 Å². The molecule has 1 saturated heterocycles. The minimum Gasteiger partial charge on any atom is -0.366 e. The number of nitrogens with two attached hydrogens (primary N) is 1.